The van der Waals surface area contributed by atoms with E-state index in [1.165, 1.54) is 12.3 Å². The molecule has 1 atom stereocenters. The number of imide groups is 1. The first-order valence-corrected chi connectivity index (χ1v) is 5.64. The van der Waals surface area contributed by atoms with Crippen LogP contribution in [0.2, 0.25) is 0 Å². The first kappa shape index (κ1) is 14.6. The Hall–Kier alpha value is -2.44. The maximum Gasteiger partial charge on any atom is 0.357 e. The lowest BCUT2D eigenvalue weighted by molar-refractivity contribution is -0.130. The van der Waals surface area contributed by atoms with Gasteiger partial charge in [0.05, 0.1) is 0 Å². The van der Waals surface area contributed by atoms with Gasteiger partial charge in [0.1, 0.15) is 5.69 Å². The smallest absolute Gasteiger partial charge is 0.357 e. The molecule has 102 valence electrons. The summed E-state index contributed by atoms with van der Waals surface area (Å²) in [4.78, 5) is 37.9. The van der Waals surface area contributed by atoms with Crippen LogP contribution in [-0.4, -0.2) is 29.0 Å². The molecule has 0 fully saturated rings. The largest absolute Gasteiger partial charge is 0.447 e. The zero-order chi connectivity index (χ0) is 14.4. The lowest BCUT2D eigenvalue weighted by Crippen LogP contribution is -2.45. The average molecular weight is 265 g/mol. The molecule has 3 amide bonds. The van der Waals surface area contributed by atoms with Crippen molar-refractivity contribution >= 4 is 17.9 Å². The maximum absolute atomic E-state index is 11.8. The van der Waals surface area contributed by atoms with Gasteiger partial charge < -0.3 is 10.5 Å². The number of nitrogens with one attached hydrogen (secondary N) is 1. The van der Waals surface area contributed by atoms with Crippen LogP contribution < -0.4 is 11.1 Å². The van der Waals surface area contributed by atoms with E-state index in [0.717, 1.165) is 0 Å². The van der Waals surface area contributed by atoms with Crippen molar-refractivity contribution in [1.29, 1.82) is 0 Å². The fourth-order valence-electron chi connectivity index (χ4n) is 1.34. The molecule has 0 spiro atoms. The lowest BCUT2D eigenvalue weighted by Gasteiger charge is -2.19. The molecule has 7 heteroatoms. The Morgan fingerprint density at radius 2 is 2.00 bits per heavy atom. The van der Waals surface area contributed by atoms with Crippen molar-refractivity contribution in [2.24, 2.45) is 11.7 Å². The minimum Gasteiger partial charge on any atom is -0.447 e. The highest BCUT2D eigenvalue weighted by atomic mass is 16.5. The van der Waals surface area contributed by atoms with E-state index in [2.05, 4.69) is 4.98 Å². The Labute approximate surface area is 110 Å². The van der Waals surface area contributed by atoms with Crippen LogP contribution >= 0.6 is 0 Å². The van der Waals surface area contributed by atoms with Crippen LogP contribution in [0.25, 0.3) is 0 Å². The van der Waals surface area contributed by atoms with Crippen molar-refractivity contribution in [3.63, 3.8) is 0 Å². The van der Waals surface area contributed by atoms with Gasteiger partial charge in [-0.1, -0.05) is 19.9 Å². The highest BCUT2D eigenvalue weighted by Crippen LogP contribution is 2.10. The van der Waals surface area contributed by atoms with Crippen molar-refractivity contribution in [3.05, 3.63) is 30.1 Å². The third-order valence-corrected chi connectivity index (χ3v) is 2.22. The van der Waals surface area contributed by atoms with Gasteiger partial charge in [-0.3, -0.25) is 10.1 Å². The van der Waals surface area contributed by atoms with Gasteiger partial charge in [-0.2, -0.15) is 0 Å². The number of ether oxygens (including phenoxy) is 1. The summed E-state index contributed by atoms with van der Waals surface area (Å²) in [6, 6.07) is 3.74. The molecule has 0 unspecified atom stereocenters. The molecule has 0 bridgehead atoms. The number of pyridine rings is 1. The molecule has 0 saturated heterocycles. The number of carbonyl (C=O) groups is 3. The summed E-state index contributed by atoms with van der Waals surface area (Å²) in [6.45, 7) is 3.36. The summed E-state index contributed by atoms with van der Waals surface area (Å²) in [7, 11) is 0. The summed E-state index contributed by atoms with van der Waals surface area (Å²) in [5.74, 6) is -1.81. The highest BCUT2D eigenvalue weighted by Gasteiger charge is 2.28. The minimum absolute atomic E-state index is 0.0834. The molecule has 1 rings (SSSR count). The molecular weight excluding hydrogens is 250 g/mol. The molecule has 0 saturated carbocycles. The van der Waals surface area contributed by atoms with Crippen LogP contribution in [0, 0.1) is 5.92 Å². The minimum atomic E-state index is -1.11. The van der Waals surface area contributed by atoms with E-state index >= 15 is 0 Å². The molecular formula is C12H15N3O4. The topological polar surface area (TPSA) is 111 Å². The van der Waals surface area contributed by atoms with Gasteiger partial charge in [0.15, 0.2) is 6.10 Å². The maximum atomic E-state index is 11.8. The number of hydrogen-bond acceptors (Lipinski definition) is 5. The third-order valence-electron chi connectivity index (χ3n) is 2.22. The number of rotatable bonds is 4. The predicted octanol–water partition coefficient (Wildman–Crippen LogP) is 0.458. The molecule has 19 heavy (non-hydrogen) atoms. The van der Waals surface area contributed by atoms with Crippen LogP contribution in [0.5, 0.6) is 0 Å². The highest BCUT2D eigenvalue weighted by molar-refractivity contribution is 5.97. The Balaban J connectivity index is 2.77. The predicted molar refractivity (Wildman–Crippen MR) is 66.0 cm³/mol. The average Bonchev–Trinajstić information content (AvgIpc) is 2.35. The van der Waals surface area contributed by atoms with E-state index in [1.54, 1.807) is 26.0 Å². The second-order valence-corrected chi connectivity index (χ2v) is 4.14. The van der Waals surface area contributed by atoms with Gasteiger partial charge in [-0.25, -0.2) is 14.6 Å². The van der Waals surface area contributed by atoms with Gasteiger partial charge in [-0.15, -0.1) is 0 Å². The molecule has 1 aromatic rings. The zero-order valence-corrected chi connectivity index (χ0v) is 10.6. The lowest BCUT2D eigenvalue weighted by atomic mass is 10.1. The van der Waals surface area contributed by atoms with Gasteiger partial charge in [0, 0.05) is 6.20 Å². The number of hydrogen-bond donors (Lipinski definition) is 2. The second kappa shape index (κ2) is 6.48. The zero-order valence-electron chi connectivity index (χ0n) is 10.6. The monoisotopic (exact) mass is 265 g/mol. The first-order valence-electron chi connectivity index (χ1n) is 5.64. The van der Waals surface area contributed by atoms with Crippen LogP contribution in [-0.2, 0) is 9.53 Å². The van der Waals surface area contributed by atoms with E-state index in [1.807, 2.05) is 5.32 Å². The number of primary amides is 1. The number of aromatic nitrogens is 1. The van der Waals surface area contributed by atoms with Crippen LogP contribution in [0.3, 0.4) is 0 Å². The first-order chi connectivity index (χ1) is 8.91. The number of esters is 1. The number of amides is 3. The van der Waals surface area contributed by atoms with Crippen molar-refractivity contribution in [2.45, 2.75) is 20.0 Å². The summed E-state index contributed by atoms with van der Waals surface area (Å²) >= 11 is 0. The number of carbonyl (C=O) groups excluding carboxylic acids is 3. The fraction of sp³-hybridized carbons (Fsp3) is 0.333. The molecule has 0 aliphatic rings. The van der Waals surface area contributed by atoms with E-state index in [9.17, 15) is 14.4 Å². The number of urea groups is 1. The van der Waals surface area contributed by atoms with Gasteiger partial charge in [0.25, 0.3) is 5.91 Å². The Morgan fingerprint density at radius 3 is 2.47 bits per heavy atom. The quantitative estimate of drug-likeness (QED) is 0.768. The van der Waals surface area contributed by atoms with Crippen molar-refractivity contribution in [3.8, 4) is 0 Å². The van der Waals surface area contributed by atoms with Gasteiger partial charge in [0.2, 0.25) is 0 Å². The molecule has 7 nitrogen and oxygen atoms in total. The van der Waals surface area contributed by atoms with Gasteiger partial charge in [-0.05, 0) is 18.1 Å². The second-order valence-electron chi connectivity index (χ2n) is 4.14. The molecule has 0 aliphatic heterocycles. The van der Waals surface area contributed by atoms with E-state index in [4.69, 9.17) is 10.5 Å². The SMILES string of the molecule is CC(C)[C@H](OC(=O)c1ccccn1)C(=O)NC(N)=O. The number of nitrogens with zero attached hydrogens (tertiary/aromatic N) is 1. The molecule has 0 radical (unpaired) electrons. The van der Waals surface area contributed by atoms with E-state index in [-0.39, 0.29) is 11.6 Å². The number of nitrogens with two attached hydrogens (primary N) is 1. The normalized spacial score (nSPS) is 11.7. The third kappa shape index (κ3) is 4.38. The standard InChI is InChI=1S/C12H15N3O4/c1-7(2)9(10(16)15-12(13)18)19-11(17)8-5-3-4-6-14-8/h3-7,9H,1-2H3,(H3,13,15,16,18)/t9-/m0/s1. The van der Waals surface area contributed by atoms with Gasteiger partial charge >= 0.3 is 12.0 Å². The van der Waals surface area contributed by atoms with Crippen molar-refractivity contribution < 1.29 is 19.1 Å². The van der Waals surface area contributed by atoms with Crippen LogP contribution in [0.1, 0.15) is 24.3 Å². The summed E-state index contributed by atoms with van der Waals surface area (Å²) < 4.78 is 5.04. The molecule has 0 aliphatic carbocycles. The molecule has 3 N–H and O–H groups in total. The van der Waals surface area contributed by atoms with Crippen molar-refractivity contribution in [1.82, 2.24) is 10.3 Å². The molecule has 0 aromatic carbocycles. The Bertz CT molecular complexity index is 473. The van der Waals surface area contributed by atoms with Crippen LogP contribution in [0.15, 0.2) is 24.4 Å². The fourth-order valence-corrected chi connectivity index (χ4v) is 1.34. The Kier molecular flexibility index (Phi) is 4.99. The molecule has 1 aromatic heterocycles. The van der Waals surface area contributed by atoms with Crippen LogP contribution in [0.4, 0.5) is 4.79 Å². The summed E-state index contributed by atoms with van der Waals surface area (Å²) in [6.07, 6.45) is 0.326. The van der Waals surface area contributed by atoms with Crippen molar-refractivity contribution in [2.75, 3.05) is 0 Å². The summed E-state index contributed by atoms with van der Waals surface area (Å²) in [5, 5.41) is 1.88. The van der Waals surface area contributed by atoms with E-state index < -0.39 is 24.0 Å². The Morgan fingerprint density at radius 1 is 1.32 bits per heavy atom. The van der Waals surface area contributed by atoms with E-state index in [0.29, 0.717) is 0 Å². The molecule has 1 heterocycles. The summed E-state index contributed by atoms with van der Waals surface area (Å²) in [5.41, 5.74) is 4.93.